The van der Waals surface area contributed by atoms with Gasteiger partial charge in [-0.1, -0.05) is 11.6 Å². The average Bonchev–Trinajstić information content (AvgIpc) is 2.42. The van der Waals surface area contributed by atoms with E-state index in [0.717, 1.165) is 6.07 Å². The van der Waals surface area contributed by atoms with Crippen LogP contribution in [0.4, 0.5) is 11.6 Å². The highest BCUT2D eigenvalue weighted by atomic mass is 35.5. The van der Waals surface area contributed by atoms with E-state index in [4.69, 9.17) is 11.6 Å². The molecule has 2 N–H and O–H groups in total. The molecule has 1 heterocycles. The highest BCUT2D eigenvalue weighted by molar-refractivity contribution is 6.31. The number of anilines is 1. The fourth-order valence-corrected chi connectivity index (χ4v) is 1.54. The molecule has 102 valence electrons. The Balaban J connectivity index is 2.19. The number of phenolic OH excluding ortho intramolecular Hbond substituents is 1. The number of nitrogens with zero attached hydrogens (tertiary/aromatic N) is 3. The first-order valence-electron chi connectivity index (χ1n) is 5.25. The Kier molecular flexibility index (Phi) is 3.76. The first-order valence-corrected chi connectivity index (χ1v) is 5.63. The maximum Gasteiger partial charge on any atom is 0.390 e. The largest absolute Gasteiger partial charge is 0.507 e. The van der Waals surface area contributed by atoms with Crippen LogP contribution < -0.4 is 5.32 Å². The SMILES string of the molecule is O=C(Nc1ccc([N+](=O)[O-])nn1)c1cc(Cl)ccc1O. The van der Waals surface area contributed by atoms with Gasteiger partial charge in [-0.05, 0) is 34.3 Å². The average molecular weight is 295 g/mol. The summed E-state index contributed by atoms with van der Waals surface area (Å²) in [7, 11) is 0. The second-order valence-corrected chi connectivity index (χ2v) is 4.09. The van der Waals surface area contributed by atoms with Gasteiger partial charge in [-0.15, -0.1) is 0 Å². The molecule has 0 bridgehead atoms. The second kappa shape index (κ2) is 5.49. The number of benzene rings is 1. The molecule has 0 aliphatic heterocycles. The number of phenols is 1. The molecule has 20 heavy (non-hydrogen) atoms. The van der Waals surface area contributed by atoms with E-state index < -0.39 is 16.6 Å². The minimum atomic E-state index is -0.707. The van der Waals surface area contributed by atoms with Crippen molar-refractivity contribution in [3.05, 3.63) is 51.0 Å². The highest BCUT2D eigenvalue weighted by Gasteiger charge is 2.14. The van der Waals surface area contributed by atoms with E-state index in [-0.39, 0.29) is 22.2 Å². The van der Waals surface area contributed by atoms with Crippen molar-refractivity contribution >= 4 is 29.1 Å². The Bertz CT molecular complexity index is 675. The molecular weight excluding hydrogens is 288 g/mol. The predicted octanol–water partition coefficient (Wildman–Crippen LogP) is 2.00. The fraction of sp³-hybridized carbons (Fsp3) is 0. The van der Waals surface area contributed by atoms with Crippen LogP contribution in [0, 0.1) is 10.1 Å². The molecule has 1 amide bonds. The molecule has 0 saturated heterocycles. The third-order valence-corrected chi connectivity index (χ3v) is 2.52. The van der Waals surface area contributed by atoms with Crippen molar-refractivity contribution in [1.82, 2.24) is 10.2 Å². The maximum absolute atomic E-state index is 11.9. The summed E-state index contributed by atoms with van der Waals surface area (Å²) < 4.78 is 0. The topological polar surface area (TPSA) is 118 Å². The van der Waals surface area contributed by atoms with Gasteiger partial charge in [0.2, 0.25) is 0 Å². The monoisotopic (exact) mass is 294 g/mol. The summed E-state index contributed by atoms with van der Waals surface area (Å²) in [5, 5.41) is 29.4. The number of nitrogens with one attached hydrogen (secondary N) is 1. The Morgan fingerprint density at radius 2 is 2.05 bits per heavy atom. The minimum Gasteiger partial charge on any atom is -0.507 e. The molecule has 2 aromatic rings. The van der Waals surface area contributed by atoms with Gasteiger partial charge in [0.15, 0.2) is 5.82 Å². The number of carbonyl (C=O) groups excluding carboxylic acids is 1. The van der Waals surface area contributed by atoms with Crippen LogP contribution in [0.5, 0.6) is 5.75 Å². The van der Waals surface area contributed by atoms with Gasteiger partial charge in [-0.25, -0.2) is 0 Å². The normalized spacial score (nSPS) is 10.1. The van der Waals surface area contributed by atoms with E-state index in [1.165, 1.54) is 24.3 Å². The molecule has 0 fully saturated rings. The molecule has 1 aromatic carbocycles. The van der Waals surface area contributed by atoms with Crippen LogP contribution in [-0.4, -0.2) is 26.1 Å². The van der Waals surface area contributed by atoms with E-state index in [1.807, 2.05) is 0 Å². The van der Waals surface area contributed by atoms with Crippen molar-refractivity contribution in [3.8, 4) is 5.75 Å². The van der Waals surface area contributed by atoms with E-state index in [9.17, 15) is 20.0 Å². The number of hydrogen-bond donors (Lipinski definition) is 2. The Morgan fingerprint density at radius 3 is 2.65 bits per heavy atom. The Hall–Kier alpha value is -2.74. The molecule has 0 aliphatic carbocycles. The quantitative estimate of drug-likeness (QED) is 0.660. The zero-order valence-corrected chi connectivity index (χ0v) is 10.5. The fourth-order valence-electron chi connectivity index (χ4n) is 1.36. The lowest BCUT2D eigenvalue weighted by Gasteiger charge is -2.05. The first kappa shape index (κ1) is 13.7. The lowest BCUT2D eigenvalue weighted by Crippen LogP contribution is -2.13. The van der Waals surface area contributed by atoms with Crippen molar-refractivity contribution in [2.75, 3.05) is 5.32 Å². The molecule has 9 heteroatoms. The van der Waals surface area contributed by atoms with Crippen LogP contribution in [0.3, 0.4) is 0 Å². The van der Waals surface area contributed by atoms with Crippen molar-refractivity contribution in [2.45, 2.75) is 0 Å². The van der Waals surface area contributed by atoms with Crippen LogP contribution in [0.15, 0.2) is 30.3 Å². The van der Waals surface area contributed by atoms with Gasteiger partial charge in [-0.3, -0.25) is 4.79 Å². The number of hydrogen-bond acceptors (Lipinski definition) is 6. The van der Waals surface area contributed by atoms with Crippen LogP contribution in [-0.2, 0) is 0 Å². The summed E-state index contributed by atoms with van der Waals surface area (Å²) in [5.74, 6) is -1.33. The minimum absolute atomic E-state index is 0.0139. The van der Waals surface area contributed by atoms with Gasteiger partial charge in [0.25, 0.3) is 5.91 Å². The summed E-state index contributed by atoms with van der Waals surface area (Å²) in [5.41, 5.74) is -0.0438. The number of amides is 1. The molecule has 0 radical (unpaired) electrons. The number of aromatic hydroxyl groups is 1. The Labute approximate surface area is 117 Å². The zero-order chi connectivity index (χ0) is 14.7. The molecule has 2 rings (SSSR count). The first-order chi connectivity index (χ1) is 9.47. The van der Waals surface area contributed by atoms with Crippen molar-refractivity contribution in [2.24, 2.45) is 0 Å². The smallest absolute Gasteiger partial charge is 0.390 e. The number of halogens is 1. The van der Waals surface area contributed by atoms with Gasteiger partial charge in [-0.2, -0.15) is 0 Å². The van der Waals surface area contributed by atoms with Crippen molar-refractivity contribution in [3.63, 3.8) is 0 Å². The second-order valence-electron chi connectivity index (χ2n) is 3.65. The van der Waals surface area contributed by atoms with Gasteiger partial charge < -0.3 is 20.5 Å². The molecule has 0 aliphatic rings. The summed E-state index contributed by atoms with van der Waals surface area (Å²) >= 11 is 5.73. The van der Waals surface area contributed by atoms with Gasteiger partial charge in [0.05, 0.1) is 10.7 Å². The van der Waals surface area contributed by atoms with E-state index >= 15 is 0 Å². The molecule has 8 nitrogen and oxygen atoms in total. The maximum atomic E-state index is 11.9. The number of carbonyl (C=O) groups is 1. The van der Waals surface area contributed by atoms with E-state index in [1.54, 1.807) is 0 Å². The lowest BCUT2D eigenvalue weighted by atomic mass is 10.2. The highest BCUT2D eigenvalue weighted by Crippen LogP contribution is 2.22. The summed E-state index contributed by atoms with van der Waals surface area (Å²) in [6, 6.07) is 6.31. The van der Waals surface area contributed by atoms with Crippen LogP contribution in [0.1, 0.15) is 10.4 Å². The third kappa shape index (κ3) is 2.98. The molecule has 0 spiro atoms. The van der Waals surface area contributed by atoms with Crippen molar-refractivity contribution in [1.29, 1.82) is 0 Å². The molecule has 0 atom stereocenters. The van der Waals surface area contributed by atoms with Crippen LogP contribution in [0.25, 0.3) is 0 Å². The number of aromatic nitrogens is 2. The molecular formula is C11H7ClN4O4. The van der Waals surface area contributed by atoms with Gasteiger partial charge in [0.1, 0.15) is 5.75 Å². The lowest BCUT2D eigenvalue weighted by molar-refractivity contribution is -0.390. The zero-order valence-electron chi connectivity index (χ0n) is 9.78. The predicted molar refractivity (Wildman–Crippen MR) is 69.8 cm³/mol. The van der Waals surface area contributed by atoms with Crippen molar-refractivity contribution < 1.29 is 14.8 Å². The van der Waals surface area contributed by atoms with Crippen LogP contribution >= 0.6 is 11.6 Å². The number of rotatable bonds is 3. The standard InChI is InChI=1S/C11H7ClN4O4/c12-6-1-2-8(17)7(5-6)11(18)13-9-3-4-10(15-14-9)16(19)20/h1-5,17H,(H,13,14,18). The number of nitro groups is 1. The summed E-state index contributed by atoms with van der Waals surface area (Å²) in [6.45, 7) is 0. The Morgan fingerprint density at radius 1 is 1.30 bits per heavy atom. The molecule has 0 saturated carbocycles. The summed E-state index contributed by atoms with van der Waals surface area (Å²) in [4.78, 5) is 21.6. The van der Waals surface area contributed by atoms with E-state index in [2.05, 4.69) is 15.5 Å². The summed E-state index contributed by atoms with van der Waals surface area (Å²) in [6.07, 6.45) is 0. The van der Waals surface area contributed by atoms with Gasteiger partial charge >= 0.3 is 5.82 Å². The van der Waals surface area contributed by atoms with Crippen LogP contribution in [0.2, 0.25) is 5.02 Å². The van der Waals surface area contributed by atoms with Gasteiger partial charge in [0, 0.05) is 11.1 Å². The third-order valence-electron chi connectivity index (χ3n) is 2.28. The molecule has 1 aromatic heterocycles. The van der Waals surface area contributed by atoms with E-state index in [0.29, 0.717) is 0 Å². The molecule has 0 unspecified atom stereocenters.